The van der Waals surface area contributed by atoms with Crippen LogP contribution in [0.4, 0.5) is 0 Å². The molecule has 1 saturated carbocycles. The van der Waals surface area contributed by atoms with Gasteiger partial charge in [0, 0.05) is 37.7 Å². The van der Waals surface area contributed by atoms with Crippen LogP contribution in [0.15, 0.2) is 23.3 Å². The number of aromatic nitrogens is 1. The Labute approximate surface area is 172 Å². The van der Waals surface area contributed by atoms with Crippen LogP contribution in [0.1, 0.15) is 44.1 Å². The van der Waals surface area contributed by atoms with Gasteiger partial charge in [0.25, 0.3) is 0 Å². The Kier molecular flexibility index (Phi) is 9.16. The van der Waals surface area contributed by atoms with Crippen LogP contribution in [0.5, 0.6) is 5.88 Å². The molecule has 0 aromatic carbocycles. The summed E-state index contributed by atoms with van der Waals surface area (Å²) >= 11 is 2.06. The van der Waals surface area contributed by atoms with E-state index >= 15 is 0 Å². The van der Waals surface area contributed by atoms with E-state index in [9.17, 15) is 0 Å². The van der Waals surface area contributed by atoms with Gasteiger partial charge in [-0.3, -0.25) is 4.99 Å². The highest BCUT2D eigenvalue weighted by Gasteiger charge is 2.17. The van der Waals surface area contributed by atoms with Gasteiger partial charge < -0.3 is 15.4 Å². The molecule has 2 fully saturated rings. The normalized spacial score (nSPS) is 21.0. The highest BCUT2D eigenvalue weighted by Crippen LogP contribution is 2.25. The third-order valence-corrected chi connectivity index (χ3v) is 5.99. The molecule has 140 valence electrons. The molecule has 7 heteroatoms. The molecule has 1 aliphatic heterocycles. The number of nitrogens with one attached hydrogen (secondary N) is 2. The Bertz CT molecular complexity index is 546. The second-order valence-corrected chi connectivity index (χ2v) is 7.88. The van der Waals surface area contributed by atoms with E-state index < -0.39 is 0 Å². The second kappa shape index (κ2) is 11.1. The van der Waals surface area contributed by atoms with Crippen molar-refractivity contribution < 1.29 is 4.74 Å². The van der Waals surface area contributed by atoms with Gasteiger partial charge in [0.2, 0.25) is 5.88 Å². The molecule has 1 unspecified atom stereocenters. The first-order valence-electron chi connectivity index (χ1n) is 9.01. The maximum absolute atomic E-state index is 5.98. The second-order valence-electron chi connectivity index (χ2n) is 6.47. The van der Waals surface area contributed by atoms with E-state index in [0.717, 1.165) is 48.6 Å². The minimum absolute atomic E-state index is 0. The van der Waals surface area contributed by atoms with Crippen LogP contribution in [-0.2, 0) is 6.54 Å². The van der Waals surface area contributed by atoms with E-state index in [2.05, 4.69) is 32.4 Å². The van der Waals surface area contributed by atoms with Crippen molar-refractivity contribution in [2.75, 3.05) is 19.3 Å². The monoisotopic (exact) mass is 476 g/mol. The zero-order valence-corrected chi connectivity index (χ0v) is 18.0. The van der Waals surface area contributed by atoms with Gasteiger partial charge in [-0.05, 0) is 55.9 Å². The number of rotatable bonds is 6. The fourth-order valence-electron chi connectivity index (χ4n) is 3.22. The van der Waals surface area contributed by atoms with E-state index in [-0.39, 0.29) is 24.0 Å². The van der Waals surface area contributed by atoms with Crippen molar-refractivity contribution in [1.29, 1.82) is 0 Å². The summed E-state index contributed by atoms with van der Waals surface area (Å²) in [5.41, 5.74) is 1.16. The SMILES string of the molecule is CN=C(NCc1ccnc(OC2CCCC2)c1)NCC1CCCS1.I. The van der Waals surface area contributed by atoms with Crippen molar-refractivity contribution in [2.24, 2.45) is 4.99 Å². The maximum Gasteiger partial charge on any atom is 0.213 e. The van der Waals surface area contributed by atoms with Crippen molar-refractivity contribution in [2.45, 2.75) is 56.4 Å². The maximum atomic E-state index is 5.98. The van der Waals surface area contributed by atoms with Gasteiger partial charge in [-0.25, -0.2) is 4.98 Å². The fraction of sp³-hybridized carbons (Fsp3) is 0.667. The largest absolute Gasteiger partial charge is 0.474 e. The summed E-state index contributed by atoms with van der Waals surface area (Å²) < 4.78 is 5.98. The molecule has 0 bridgehead atoms. The van der Waals surface area contributed by atoms with Crippen LogP contribution in [0.25, 0.3) is 0 Å². The number of ether oxygens (including phenoxy) is 1. The average molecular weight is 476 g/mol. The smallest absolute Gasteiger partial charge is 0.213 e. The summed E-state index contributed by atoms with van der Waals surface area (Å²) in [5, 5.41) is 7.52. The third kappa shape index (κ3) is 6.84. The van der Waals surface area contributed by atoms with Crippen LogP contribution in [0, 0.1) is 0 Å². The number of thioether (sulfide) groups is 1. The molecule has 1 saturated heterocycles. The molecule has 5 nitrogen and oxygen atoms in total. The molecule has 0 amide bonds. The van der Waals surface area contributed by atoms with E-state index in [1.165, 1.54) is 31.4 Å². The zero-order valence-electron chi connectivity index (χ0n) is 14.9. The predicted molar refractivity (Wildman–Crippen MR) is 116 cm³/mol. The molecule has 3 rings (SSSR count). The number of hydrogen-bond donors (Lipinski definition) is 2. The quantitative estimate of drug-likeness (QED) is 0.374. The number of nitrogens with zero attached hydrogens (tertiary/aromatic N) is 2. The van der Waals surface area contributed by atoms with E-state index in [1.807, 2.05) is 25.4 Å². The van der Waals surface area contributed by atoms with Gasteiger partial charge in [-0.2, -0.15) is 11.8 Å². The number of halogens is 1. The standard InChI is InChI=1S/C18H28N4OS.HI/c1-19-18(22-13-16-7-4-10-24-16)21-12-14-8-9-20-17(11-14)23-15-5-2-3-6-15;/h8-9,11,15-16H,2-7,10,12-13H2,1H3,(H2,19,21,22);1H. The third-order valence-electron chi connectivity index (χ3n) is 4.59. The molecule has 1 aromatic heterocycles. The molecule has 0 radical (unpaired) electrons. The summed E-state index contributed by atoms with van der Waals surface area (Å²) in [6.45, 7) is 1.71. The molecule has 1 aliphatic carbocycles. The number of pyridine rings is 1. The zero-order chi connectivity index (χ0) is 16.6. The highest BCUT2D eigenvalue weighted by atomic mass is 127. The molecule has 25 heavy (non-hydrogen) atoms. The summed E-state index contributed by atoms with van der Waals surface area (Å²) in [4.78, 5) is 8.65. The Morgan fingerprint density at radius 2 is 2.12 bits per heavy atom. The first-order chi connectivity index (χ1) is 11.8. The van der Waals surface area contributed by atoms with Crippen molar-refractivity contribution in [3.8, 4) is 5.88 Å². The predicted octanol–water partition coefficient (Wildman–Crippen LogP) is 3.58. The summed E-state index contributed by atoms with van der Waals surface area (Å²) in [7, 11) is 1.82. The van der Waals surface area contributed by atoms with Crippen molar-refractivity contribution in [3.05, 3.63) is 23.9 Å². The molecule has 0 spiro atoms. The average Bonchev–Trinajstić information content (AvgIpc) is 3.29. The summed E-state index contributed by atoms with van der Waals surface area (Å²) in [5.74, 6) is 2.89. The van der Waals surface area contributed by atoms with Crippen molar-refractivity contribution in [1.82, 2.24) is 15.6 Å². The first kappa shape index (κ1) is 20.6. The van der Waals surface area contributed by atoms with Crippen LogP contribution in [0.3, 0.4) is 0 Å². The topological polar surface area (TPSA) is 58.5 Å². The van der Waals surface area contributed by atoms with Gasteiger partial charge >= 0.3 is 0 Å². The van der Waals surface area contributed by atoms with Gasteiger partial charge in [0.15, 0.2) is 5.96 Å². The van der Waals surface area contributed by atoms with Gasteiger partial charge in [0.05, 0.1) is 0 Å². The van der Waals surface area contributed by atoms with Crippen LogP contribution in [-0.4, -0.2) is 41.6 Å². The molecular formula is C18H29IN4OS. The summed E-state index contributed by atoms with van der Waals surface area (Å²) in [6, 6.07) is 4.06. The fourth-order valence-corrected chi connectivity index (χ4v) is 4.43. The molecule has 2 heterocycles. The van der Waals surface area contributed by atoms with Crippen LogP contribution in [0.2, 0.25) is 0 Å². The lowest BCUT2D eigenvalue weighted by Gasteiger charge is -2.15. The lowest BCUT2D eigenvalue weighted by atomic mass is 10.2. The molecular weight excluding hydrogens is 447 g/mol. The lowest BCUT2D eigenvalue weighted by molar-refractivity contribution is 0.201. The molecule has 2 N–H and O–H groups in total. The van der Waals surface area contributed by atoms with E-state index in [1.54, 1.807) is 0 Å². The molecule has 1 aromatic rings. The van der Waals surface area contributed by atoms with Crippen LogP contribution < -0.4 is 15.4 Å². The minimum Gasteiger partial charge on any atom is -0.474 e. The Hall–Kier alpha value is -0.700. The summed E-state index contributed by atoms with van der Waals surface area (Å²) in [6.07, 6.45) is 9.66. The molecule has 2 aliphatic rings. The van der Waals surface area contributed by atoms with Crippen molar-refractivity contribution in [3.63, 3.8) is 0 Å². The Balaban J connectivity index is 0.00000225. The van der Waals surface area contributed by atoms with Crippen molar-refractivity contribution >= 4 is 41.7 Å². The minimum atomic E-state index is 0. The number of guanidine groups is 1. The first-order valence-corrected chi connectivity index (χ1v) is 10.1. The number of hydrogen-bond acceptors (Lipinski definition) is 4. The van der Waals surface area contributed by atoms with Gasteiger partial charge in [-0.1, -0.05) is 0 Å². The van der Waals surface area contributed by atoms with Crippen LogP contribution >= 0.6 is 35.7 Å². The van der Waals surface area contributed by atoms with Gasteiger partial charge in [0.1, 0.15) is 6.10 Å². The number of aliphatic imine (C=N–C) groups is 1. The van der Waals surface area contributed by atoms with E-state index in [0.29, 0.717) is 6.10 Å². The Morgan fingerprint density at radius 1 is 1.28 bits per heavy atom. The van der Waals surface area contributed by atoms with Gasteiger partial charge in [-0.15, -0.1) is 24.0 Å². The highest BCUT2D eigenvalue weighted by molar-refractivity contribution is 14.0. The Morgan fingerprint density at radius 3 is 2.84 bits per heavy atom. The molecule has 1 atom stereocenters. The van der Waals surface area contributed by atoms with E-state index in [4.69, 9.17) is 4.74 Å². The lowest BCUT2D eigenvalue weighted by Crippen LogP contribution is -2.39.